The van der Waals surface area contributed by atoms with Gasteiger partial charge in [-0.1, -0.05) is 24.3 Å². The number of hydrogen-bond acceptors (Lipinski definition) is 3. The van der Waals surface area contributed by atoms with Gasteiger partial charge < -0.3 is 14.7 Å². The number of hydrogen-bond donors (Lipinski definition) is 1. The fourth-order valence-corrected chi connectivity index (χ4v) is 4.07. The van der Waals surface area contributed by atoms with Gasteiger partial charge >= 0.3 is 0 Å². The minimum atomic E-state index is -1.07. The van der Waals surface area contributed by atoms with Crippen LogP contribution in [0.3, 0.4) is 0 Å². The molecule has 3 unspecified atom stereocenters. The van der Waals surface area contributed by atoms with Crippen molar-refractivity contribution < 1.29 is 18.6 Å². The third-order valence-electron chi connectivity index (χ3n) is 5.73. The molecule has 3 atom stereocenters. The Hall–Kier alpha value is -1.82. The molecule has 1 saturated carbocycles. The van der Waals surface area contributed by atoms with Crippen molar-refractivity contribution in [2.75, 3.05) is 20.6 Å². The van der Waals surface area contributed by atoms with Gasteiger partial charge in [-0.05, 0) is 75.2 Å². The molecule has 1 aliphatic rings. The second-order valence-corrected chi connectivity index (χ2v) is 8.18. The highest BCUT2D eigenvalue weighted by molar-refractivity contribution is 5.29. The van der Waals surface area contributed by atoms with Crippen LogP contribution in [0.15, 0.2) is 42.5 Å². The number of rotatable bonds is 6. The predicted molar refractivity (Wildman–Crippen MR) is 106 cm³/mol. The van der Waals surface area contributed by atoms with E-state index in [1.165, 1.54) is 18.2 Å². The van der Waals surface area contributed by atoms with Gasteiger partial charge in [0.25, 0.3) is 0 Å². The van der Waals surface area contributed by atoms with Crippen LogP contribution in [0.25, 0.3) is 0 Å². The lowest BCUT2D eigenvalue weighted by atomic mass is 9.70. The topological polar surface area (TPSA) is 32.7 Å². The molecule has 5 heteroatoms. The summed E-state index contributed by atoms with van der Waals surface area (Å²) in [5, 5.41) is 11.5. The monoisotopic (exact) mass is 389 g/mol. The Balaban J connectivity index is 1.73. The number of ether oxygens (including phenoxy) is 1. The van der Waals surface area contributed by atoms with Crippen LogP contribution in [-0.2, 0) is 16.9 Å². The standard InChI is InChI=1S/C23H29F2NO2/c1-16-4-7-18(13-22(16)25)23(27)11-10-21(12-19(23)14-26(2)3)28-15-17-5-8-20(24)9-6-17/h4-9,13,19,21,27H,10-12,14-15H2,1-3H3. The van der Waals surface area contributed by atoms with Crippen LogP contribution in [0.4, 0.5) is 8.78 Å². The van der Waals surface area contributed by atoms with Crippen LogP contribution in [-0.4, -0.2) is 36.8 Å². The normalized spacial score (nSPS) is 25.2. The van der Waals surface area contributed by atoms with Gasteiger partial charge in [-0.25, -0.2) is 8.78 Å². The first kappa shape index (κ1) is 20.9. The number of halogens is 2. The summed E-state index contributed by atoms with van der Waals surface area (Å²) in [5.74, 6) is -0.622. The Morgan fingerprint density at radius 1 is 1.14 bits per heavy atom. The summed E-state index contributed by atoms with van der Waals surface area (Å²) < 4.78 is 33.3. The average Bonchev–Trinajstić information content (AvgIpc) is 2.65. The molecule has 0 radical (unpaired) electrons. The van der Waals surface area contributed by atoms with Gasteiger partial charge in [0.2, 0.25) is 0 Å². The van der Waals surface area contributed by atoms with Gasteiger partial charge in [0.1, 0.15) is 11.6 Å². The van der Waals surface area contributed by atoms with E-state index in [4.69, 9.17) is 4.74 Å². The first-order valence-corrected chi connectivity index (χ1v) is 9.77. The molecule has 1 N–H and O–H groups in total. The summed E-state index contributed by atoms with van der Waals surface area (Å²) in [6.07, 6.45) is 1.90. The summed E-state index contributed by atoms with van der Waals surface area (Å²) in [4.78, 5) is 2.04. The Morgan fingerprint density at radius 3 is 2.50 bits per heavy atom. The minimum Gasteiger partial charge on any atom is -0.385 e. The van der Waals surface area contributed by atoms with Crippen LogP contribution in [0.5, 0.6) is 0 Å². The predicted octanol–water partition coefficient (Wildman–Crippen LogP) is 4.41. The van der Waals surface area contributed by atoms with Crippen LogP contribution in [0.2, 0.25) is 0 Å². The first-order valence-electron chi connectivity index (χ1n) is 9.77. The van der Waals surface area contributed by atoms with Crippen molar-refractivity contribution in [3.8, 4) is 0 Å². The maximum Gasteiger partial charge on any atom is 0.126 e. The van der Waals surface area contributed by atoms with Crippen molar-refractivity contribution >= 4 is 0 Å². The summed E-state index contributed by atoms with van der Waals surface area (Å²) in [6, 6.07) is 11.3. The third-order valence-corrected chi connectivity index (χ3v) is 5.73. The lowest BCUT2D eigenvalue weighted by molar-refractivity contribution is -0.110. The van der Waals surface area contributed by atoms with Crippen molar-refractivity contribution in [2.45, 2.75) is 44.5 Å². The SMILES string of the molecule is Cc1ccc(C2(O)CCC(OCc3ccc(F)cc3)CC2CN(C)C)cc1F. The molecule has 0 aliphatic heterocycles. The van der Waals surface area contributed by atoms with E-state index in [9.17, 15) is 13.9 Å². The second-order valence-electron chi connectivity index (χ2n) is 8.18. The zero-order valence-electron chi connectivity index (χ0n) is 16.8. The lowest BCUT2D eigenvalue weighted by Gasteiger charge is -2.44. The fourth-order valence-electron chi connectivity index (χ4n) is 4.07. The number of aliphatic hydroxyl groups is 1. The molecule has 0 heterocycles. The van der Waals surface area contributed by atoms with Crippen LogP contribution >= 0.6 is 0 Å². The van der Waals surface area contributed by atoms with Crippen LogP contribution < -0.4 is 0 Å². The number of benzene rings is 2. The zero-order valence-corrected chi connectivity index (χ0v) is 16.8. The van der Waals surface area contributed by atoms with E-state index in [1.54, 1.807) is 25.1 Å². The maximum absolute atomic E-state index is 14.1. The highest BCUT2D eigenvalue weighted by Gasteiger charge is 2.44. The lowest BCUT2D eigenvalue weighted by Crippen LogP contribution is -2.46. The highest BCUT2D eigenvalue weighted by Crippen LogP contribution is 2.43. The van der Waals surface area contributed by atoms with Crippen LogP contribution in [0.1, 0.15) is 36.0 Å². The molecule has 0 aromatic heterocycles. The molecule has 0 amide bonds. The van der Waals surface area contributed by atoms with Gasteiger partial charge in [-0.15, -0.1) is 0 Å². The minimum absolute atomic E-state index is 0.00516. The van der Waals surface area contributed by atoms with Gasteiger partial charge in [-0.2, -0.15) is 0 Å². The fraction of sp³-hybridized carbons (Fsp3) is 0.478. The van der Waals surface area contributed by atoms with E-state index in [2.05, 4.69) is 0 Å². The molecule has 0 spiro atoms. The molecule has 1 fully saturated rings. The molecule has 0 bridgehead atoms. The van der Waals surface area contributed by atoms with Gasteiger partial charge in [0, 0.05) is 12.5 Å². The molecular weight excluding hydrogens is 360 g/mol. The van der Waals surface area contributed by atoms with E-state index in [0.29, 0.717) is 43.5 Å². The van der Waals surface area contributed by atoms with E-state index in [0.717, 1.165) is 5.56 Å². The molecule has 28 heavy (non-hydrogen) atoms. The van der Waals surface area contributed by atoms with Gasteiger partial charge in [0.15, 0.2) is 0 Å². The van der Waals surface area contributed by atoms with E-state index in [-0.39, 0.29) is 23.7 Å². The van der Waals surface area contributed by atoms with E-state index >= 15 is 0 Å². The molecule has 0 saturated heterocycles. The van der Waals surface area contributed by atoms with Crippen molar-refractivity contribution in [3.63, 3.8) is 0 Å². The van der Waals surface area contributed by atoms with Crippen molar-refractivity contribution in [3.05, 3.63) is 70.8 Å². The molecule has 152 valence electrons. The smallest absolute Gasteiger partial charge is 0.126 e. The molecular formula is C23H29F2NO2. The first-order chi connectivity index (χ1) is 13.3. The Kier molecular flexibility index (Phi) is 6.48. The van der Waals surface area contributed by atoms with E-state index in [1.807, 2.05) is 25.1 Å². The Labute approximate surface area is 165 Å². The quantitative estimate of drug-likeness (QED) is 0.794. The van der Waals surface area contributed by atoms with E-state index < -0.39 is 5.60 Å². The summed E-state index contributed by atoms with van der Waals surface area (Å²) >= 11 is 0. The second kappa shape index (κ2) is 8.68. The van der Waals surface area contributed by atoms with Gasteiger partial charge in [-0.3, -0.25) is 0 Å². The molecule has 1 aliphatic carbocycles. The number of nitrogens with zero attached hydrogens (tertiary/aromatic N) is 1. The number of aryl methyl sites for hydroxylation is 1. The van der Waals surface area contributed by atoms with Crippen molar-refractivity contribution in [1.82, 2.24) is 4.90 Å². The maximum atomic E-state index is 14.1. The third kappa shape index (κ3) is 4.77. The molecule has 2 aromatic carbocycles. The summed E-state index contributed by atoms with van der Waals surface area (Å²) in [7, 11) is 3.94. The molecule has 3 rings (SSSR count). The van der Waals surface area contributed by atoms with Crippen molar-refractivity contribution in [2.24, 2.45) is 5.92 Å². The molecule has 3 nitrogen and oxygen atoms in total. The van der Waals surface area contributed by atoms with Gasteiger partial charge in [0.05, 0.1) is 18.3 Å². The summed E-state index contributed by atoms with van der Waals surface area (Å²) in [6.45, 7) is 2.82. The van der Waals surface area contributed by atoms with Crippen LogP contribution in [0, 0.1) is 24.5 Å². The Morgan fingerprint density at radius 2 is 1.86 bits per heavy atom. The Bertz CT molecular complexity index is 794. The summed E-state index contributed by atoms with van der Waals surface area (Å²) in [5.41, 5.74) is 1.06. The zero-order chi connectivity index (χ0) is 20.3. The highest BCUT2D eigenvalue weighted by atomic mass is 19.1. The average molecular weight is 389 g/mol. The molecule has 2 aromatic rings. The largest absolute Gasteiger partial charge is 0.385 e. The van der Waals surface area contributed by atoms with Crippen molar-refractivity contribution in [1.29, 1.82) is 0 Å².